The predicted molar refractivity (Wildman–Crippen MR) is 92.8 cm³/mol. The van der Waals surface area contributed by atoms with Crippen molar-refractivity contribution in [1.82, 2.24) is 9.88 Å². The Morgan fingerprint density at radius 1 is 1.28 bits per heavy atom. The summed E-state index contributed by atoms with van der Waals surface area (Å²) < 4.78 is 5.15. The molecule has 1 aromatic carbocycles. The van der Waals surface area contributed by atoms with E-state index in [1.165, 1.54) is 4.90 Å². The standard InChI is InChI=1S/C19H21N3O3/c1-22(19(13-20)9-5-2-6-10-19)17(23)12-25-18(24)16-11-14-7-3-4-8-15(14)21-16/h3-4,7-8,11,21H,2,5-6,9-10,12H2,1H3. The van der Waals surface area contributed by atoms with Crippen LogP contribution in [0.25, 0.3) is 10.9 Å². The molecule has 1 fully saturated rings. The summed E-state index contributed by atoms with van der Waals surface area (Å²) in [4.78, 5) is 29.0. The minimum absolute atomic E-state index is 0.310. The average Bonchev–Trinajstić information content (AvgIpc) is 3.10. The number of nitrogens with one attached hydrogen (secondary N) is 1. The highest BCUT2D eigenvalue weighted by molar-refractivity contribution is 5.95. The van der Waals surface area contributed by atoms with E-state index in [0.29, 0.717) is 18.5 Å². The van der Waals surface area contributed by atoms with Crippen LogP contribution in [0.15, 0.2) is 30.3 Å². The largest absolute Gasteiger partial charge is 0.451 e. The van der Waals surface area contributed by atoms with Crippen molar-refractivity contribution >= 4 is 22.8 Å². The summed E-state index contributed by atoms with van der Waals surface area (Å²) in [6.45, 7) is -0.367. The Bertz CT molecular complexity index is 795. The van der Waals surface area contributed by atoms with Gasteiger partial charge in [-0.15, -0.1) is 0 Å². The smallest absolute Gasteiger partial charge is 0.355 e. The zero-order valence-electron chi connectivity index (χ0n) is 14.2. The second-order valence-corrected chi connectivity index (χ2v) is 6.50. The van der Waals surface area contributed by atoms with Crippen molar-refractivity contribution in [3.63, 3.8) is 0 Å². The van der Waals surface area contributed by atoms with E-state index in [-0.39, 0.29) is 12.5 Å². The monoisotopic (exact) mass is 339 g/mol. The first-order valence-corrected chi connectivity index (χ1v) is 8.48. The number of hydrogen-bond acceptors (Lipinski definition) is 4. The molecule has 0 spiro atoms. The Morgan fingerprint density at radius 2 is 2.00 bits per heavy atom. The number of amides is 1. The maximum atomic E-state index is 12.4. The molecular formula is C19H21N3O3. The van der Waals surface area contributed by atoms with Crippen LogP contribution in [0.3, 0.4) is 0 Å². The lowest BCUT2D eigenvalue weighted by Crippen LogP contribution is -2.51. The molecule has 6 heteroatoms. The number of rotatable bonds is 4. The van der Waals surface area contributed by atoms with Gasteiger partial charge in [0.25, 0.3) is 5.91 Å². The van der Waals surface area contributed by atoms with Crippen LogP contribution in [-0.2, 0) is 9.53 Å². The van der Waals surface area contributed by atoms with Crippen molar-refractivity contribution < 1.29 is 14.3 Å². The summed E-state index contributed by atoms with van der Waals surface area (Å²) in [5.41, 5.74) is 0.371. The number of esters is 1. The van der Waals surface area contributed by atoms with Crippen molar-refractivity contribution in [2.24, 2.45) is 0 Å². The van der Waals surface area contributed by atoms with Crippen molar-refractivity contribution in [1.29, 1.82) is 5.26 Å². The quantitative estimate of drug-likeness (QED) is 0.868. The molecule has 6 nitrogen and oxygen atoms in total. The number of para-hydroxylation sites is 1. The van der Waals surface area contributed by atoms with E-state index in [9.17, 15) is 14.9 Å². The number of carbonyl (C=O) groups excluding carboxylic acids is 2. The molecule has 1 aliphatic carbocycles. The Labute approximate surface area is 146 Å². The fraction of sp³-hybridized carbons (Fsp3) is 0.421. The number of benzene rings is 1. The Balaban J connectivity index is 1.63. The van der Waals surface area contributed by atoms with Crippen LogP contribution in [0.5, 0.6) is 0 Å². The van der Waals surface area contributed by atoms with E-state index in [1.54, 1.807) is 13.1 Å². The lowest BCUT2D eigenvalue weighted by atomic mass is 9.81. The highest BCUT2D eigenvalue weighted by atomic mass is 16.5. The van der Waals surface area contributed by atoms with Crippen molar-refractivity contribution in [2.45, 2.75) is 37.6 Å². The highest BCUT2D eigenvalue weighted by Crippen LogP contribution is 2.32. The summed E-state index contributed by atoms with van der Waals surface area (Å²) in [6.07, 6.45) is 4.28. The summed E-state index contributed by atoms with van der Waals surface area (Å²) in [5.74, 6) is -0.930. The number of hydrogen-bond donors (Lipinski definition) is 1. The van der Waals surface area contributed by atoms with Crippen LogP contribution in [0, 0.1) is 11.3 Å². The molecule has 2 aromatic rings. The van der Waals surface area contributed by atoms with Gasteiger partial charge < -0.3 is 14.6 Å². The first-order chi connectivity index (χ1) is 12.1. The molecule has 1 saturated carbocycles. The molecule has 0 saturated heterocycles. The molecule has 1 heterocycles. The summed E-state index contributed by atoms with van der Waals surface area (Å²) in [6, 6.07) is 11.5. The fourth-order valence-corrected chi connectivity index (χ4v) is 3.38. The molecule has 25 heavy (non-hydrogen) atoms. The Morgan fingerprint density at radius 3 is 2.68 bits per heavy atom. The predicted octanol–water partition coefficient (Wildman–Crippen LogP) is 3.01. The van der Waals surface area contributed by atoms with Crippen LogP contribution in [-0.4, -0.2) is 41.0 Å². The third kappa shape index (κ3) is 3.36. The van der Waals surface area contributed by atoms with E-state index < -0.39 is 11.5 Å². The molecule has 0 radical (unpaired) electrons. The number of likely N-dealkylation sites (N-methyl/N-ethyl adjacent to an activating group) is 1. The first-order valence-electron chi connectivity index (χ1n) is 8.48. The fourth-order valence-electron chi connectivity index (χ4n) is 3.38. The lowest BCUT2D eigenvalue weighted by Gasteiger charge is -2.38. The topological polar surface area (TPSA) is 86.2 Å². The van der Waals surface area contributed by atoms with Gasteiger partial charge in [-0.25, -0.2) is 4.79 Å². The average molecular weight is 339 g/mol. The van der Waals surface area contributed by atoms with Gasteiger partial charge in [0, 0.05) is 18.0 Å². The summed E-state index contributed by atoms with van der Waals surface area (Å²) in [7, 11) is 1.62. The molecule has 0 atom stereocenters. The van der Waals surface area contributed by atoms with E-state index in [2.05, 4.69) is 11.1 Å². The number of nitrogens with zero attached hydrogens (tertiary/aromatic N) is 2. The van der Waals surface area contributed by atoms with E-state index in [0.717, 1.165) is 30.2 Å². The summed E-state index contributed by atoms with van der Waals surface area (Å²) >= 11 is 0. The maximum absolute atomic E-state index is 12.4. The van der Waals surface area contributed by atoms with Crippen molar-refractivity contribution in [3.8, 4) is 6.07 Å². The van der Waals surface area contributed by atoms with Gasteiger partial charge in [0.05, 0.1) is 6.07 Å². The Kier molecular flexibility index (Phi) is 4.75. The first kappa shape index (κ1) is 17.0. The van der Waals surface area contributed by atoms with Gasteiger partial charge in [0.1, 0.15) is 11.2 Å². The SMILES string of the molecule is CN(C(=O)COC(=O)c1cc2ccccc2[nH]1)C1(C#N)CCCCC1. The number of ether oxygens (including phenoxy) is 1. The van der Waals surface area contributed by atoms with Gasteiger partial charge in [-0.2, -0.15) is 5.26 Å². The van der Waals surface area contributed by atoms with Crippen LogP contribution >= 0.6 is 0 Å². The van der Waals surface area contributed by atoms with Gasteiger partial charge in [0.15, 0.2) is 6.61 Å². The molecular weight excluding hydrogens is 318 g/mol. The minimum Gasteiger partial charge on any atom is -0.451 e. The molecule has 1 aromatic heterocycles. The van der Waals surface area contributed by atoms with Crippen LogP contribution in [0.1, 0.15) is 42.6 Å². The minimum atomic E-state index is -0.775. The molecule has 1 aliphatic rings. The molecule has 130 valence electrons. The molecule has 1 amide bonds. The third-order valence-corrected chi connectivity index (χ3v) is 4.98. The maximum Gasteiger partial charge on any atom is 0.355 e. The number of fused-ring (bicyclic) bond motifs is 1. The van der Waals surface area contributed by atoms with Gasteiger partial charge in [-0.1, -0.05) is 37.5 Å². The second kappa shape index (κ2) is 6.98. The molecule has 0 unspecified atom stereocenters. The number of H-pyrrole nitrogens is 1. The molecule has 3 rings (SSSR count). The van der Waals surface area contributed by atoms with Crippen LogP contribution in [0.2, 0.25) is 0 Å². The van der Waals surface area contributed by atoms with Crippen LogP contribution < -0.4 is 0 Å². The van der Waals surface area contributed by atoms with Crippen molar-refractivity contribution in [2.75, 3.05) is 13.7 Å². The normalized spacial score (nSPS) is 16.2. The molecule has 0 bridgehead atoms. The summed E-state index contributed by atoms with van der Waals surface area (Å²) in [5, 5.41) is 10.4. The molecule has 0 aliphatic heterocycles. The van der Waals surface area contributed by atoms with E-state index in [1.807, 2.05) is 24.3 Å². The number of nitriles is 1. The molecule has 1 N–H and O–H groups in total. The van der Waals surface area contributed by atoms with E-state index in [4.69, 9.17) is 4.74 Å². The van der Waals surface area contributed by atoms with E-state index >= 15 is 0 Å². The number of aromatic nitrogens is 1. The van der Waals surface area contributed by atoms with Crippen molar-refractivity contribution in [3.05, 3.63) is 36.0 Å². The zero-order chi connectivity index (χ0) is 17.9. The van der Waals surface area contributed by atoms with Crippen LogP contribution in [0.4, 0.5) is 0 Å². The van der Waals surface area contributed by atoms with Gasteiger partial charge in [0.2, 0.25) is 0 Å². The lowest BCUT2D eigenvalue weighted by molar-refractivity contribution is -0.138. The highest BCUT2D eigenvalue weighted by Gasteiger charge is 2.39. The zero-order valence-corrected chi connectivity index (χ0v) is 14.2. The second-order valence-electron chi connectivity index (χ2n) is 6.50. The van der Waals surface area contributed by atoms with Gasteiger partial charge >= 0.3 is 5.97 Å². The Hall–Kier alpha value is -2.81. The number of carbonyl (C=O) groups is 2. The number of aromatic amines is 1. The van der Waals surface area contributed by atoms with Gasteiger partial charge in [-0.3, -0.25) is 4.79 Å². The third-order valence-electron chi connectivity index (χ3n) is 4.98. The van der Waals surface area contributed by atoms with Gasteiger partial charge in [-0.05, 0) is 25.0 Å².